The molecular formula is C48H92NO8P. The van der Waals surface area contributed by atoms with Gasteiger partial charge in [0, 0.05) is 19.4 Å². The second-order valence-electron chi connectivity index (χ2n) is 16.4. The summed E-state index contributed by atoms with van der Waals surface area (Å²) in [6, 6.07) is 0. The SMILES string of the molecule is CCCCCCCC/C=C/CCCCCCCCCCCCCC(=O)OCC(O)COP(=O)(O)OCCNC(=O)CCCCCCC/C=C\CCCCCCCCC. The number of phosphoric ester groups is 1. The average molecular weight is 842 g/mol. The van der Waals surface area contributed by atoms with E-state index in [4.69, 9.17) is 13.8 Å². The number of rotatable bonds is 46. The number of hydrogen-bond acceptors (Lipinski definition) is 7. The zero-order valence-electron chi connectivity index (χ0n) is 37.8. The first-order chi connectivity index (χ1) is 28.3. The third-order valence-corrected chi connectivity index (χ3v) is 11.6. The topological polar surface area (TPSA) is 131 Å². The molecule has 0 radical (unpaired) electrons. The molecule has 0 spiro atoms. The van der Waals surface area contributed by atoms with Gasteiger partial charge in [0.05, 0.1) is 13.2 Å². The molecule has 342 valence electrons. The molecule has 0 aliphatic rings. The summed E-state index contributed by atoms with van der Waals surface area (Å²) in [5.74, 6) is -0.518. The van der Waals surface area contributed by atoms with E-state index in [0.717, 1.165) is 44.9 Å². The molecule has 0 saturated carbocycles. The Hall–Kier alpha value is -1.51. The second kappa shape index (κ2) is 45.0. The summed E-state index contributed by atoms with van der Waals surface area (Å²) in [5, 5.41) is 12.7. The molecule has 0 aromatic rings. The van der Waals surface area contributed by atoms with Gasteiger partial charge in [-0.2, -0.15) is 0 Å². The van der Waals surface area contributed by atoms with Crippen molar-refractivity contribution < 1.29 is 37.9 Å². The van der Waals surface area contributed by atoms with Crippen molar-refractivity contribution in [3.8, 4) is 0 Å². The van der Waals surface area contributed by atoms with Gasteiger partial charge in [0.1, 0.15) is 12.7 Å². The van der Waals surface area contributed by atoms with Crippen molar-refractivity contribution in [2.75, 3.05) is 26.4 Å². The van der Waals surface area contributed by atoms with Crippen LogP contribution in [0.5, 0.6) is 0 Å². The van der Waals surface area contributed by atoms with Gasteiger partial charge in [-0.05, 0) is 64.2 Å². The van der Waals surface area contributed by atoms with E-state index in [1.54, 1.807) is 0 Å². The standard InChI is InChI=1S/C48H92NO8P/c1-3-5-7-9-11-13-15-17-19-21-22-23-24-25-27-29-31-33-35-37-39-41-48(52)55-44-46(50)45-57-58(53,54)56-43-42-49-47(51)40-38-36-34-32-30-28-26-20-18-16-14-12-10-8-6-4-2/h17,19-20,26,46,50H,3-16,18,21-25,27-45H2,1-2H3,(H,49,51)(H,53,54)/b19-17+,26-20-. The van der Waals surface area contributed by atoms with E-state index in [-0.39, 0.29) is 32.1 Å². The van der Waals surface area contributed by atoms with Gasteiger partial charge in [0.15, 0.2) is 0 Å². The van der Waals surface area contributed by atoms with E-state index in [1.165, 1.54) is 167 Å². The van der Waals surface area contributed by atoms with Crippen LogP contribution >= 0.6 is 7.82 Å². The highest BCUT2D eigenvalue weighted by Crippen LogP contribution is 2.42. The fraction of sp³-hybridized carbons (Fsp3) is 0.875. The van der Waals surface area contributed by atoms with Crippen molar-refractivity contribution in [3.63, 3.8) is 0 Å². The van der Waals surface area contributed by atoms with Crippen LogP contribution in [0.4, 0.5) is 0 Å². The van der Waals surface area contributed by atoms with Crippen molar-refractivity contribution in [3.05, 3.63) is 24.3 Å². The fourth-order valence-corrected chi connectivity index (χ4v) is 7.66. The minimum atomic E-state index is -4.42. The molecule has 0 rings (SSSR count). The first-order valence-electron chi connectivity index (χ1n) is 24.3. The Kier molecular flexibility index (Phi) is 43.9. The minimum Gasteiger partial charge on any atom is -0.463 e. The third-order valence-electron chi connectivity index (χ3n) is 10.6. The summed E-state index contributed by atoms with van der Waals surface area (Å²) in [7, 11) is -4.42. The van der Waals surface area contributed by atoms with Gasteiger partial charge in [0.25, 0.3) is 0 Å². The normalized spacial score (nSPS) is 13.4. The first kappa shape index (κ1) is 56.5. The number of carbonyl (C=O) groups is 2. The van der Waals surface area contributed by atoms with Crippen molar-refractivity contribution in [2.45, 2.75) is 245 Å². The molecule has 0 saturated heterocycles. The molecular weight excluding hydrogens is 750 g/mol. The molecule has 10 heteroatoms. The number of unbranched alkanes of at least 4 members (excludes halogenated alkanes) is 29. The van der Waals surface area contributed by atoms with Crippen LogP contribution in [0.15, 0.2) is 24.3 Å². The Morgan fingerprint density at radius 3 is 1.29 bits per heavy atom. The van der Waals surface area contributed by atoms with Gasteiger partial charge < -0.3 is 20.1 Å². The van der Waals surface area contributed by atoms with Crippen molar-refractivity contribution in [1.82, 2.24) is 5.32 Å². The zero-order chi connectivity index (χ0) is 42.5. The van der Waals surface area contributed by atoms with Crippen molar-refractivity contribution in [2.24, 2.45) is 0 Å². The first-order valence-corrected chi connectivity index (χ1v) is 25.8. The lowest BCUT2D eigenvalue weighted by molar-refractivity contribution is -0.147. The second-order valence-corrected chi connectivity index (χ2v) is 17.9. The number of phosphoric acid groups is 1. The monoisotopic (exact) mass is 842 g/mol. The molecule has 0 aliphatic heterocycles. The summed E-state index contributed by atoms with van der Waals surface area (Å²) >= 11 is 0. The molecule has 58 heavy (non-hydrogen) atoms. The number of allylic oxidation sites excluding steroid dienone is 4. The van der Waals surface area contributed by atoms with E-state index in [9.17, 15) is 24.2 Å². The molecule has 1 amide bonds. The molecule has 0 bridgehead atoms. The number of carbonyl (C=O) groups excluding carboxylic acids is 2. The summed E-state index contributed by atoms with van der Waals surface area (Å²) in [6.07, 6.45) is 49.7. The lowest BCUT2D eigenvalue weighted by Crippen LogP contribution is -2.27. The van der Waals surface area contributed by atoms with E-state index >= 15 is 0 Å². The van der Waals surface area contributed by atoms with Crippen LogP contribution in [0.25, 0.3) is 0 Å². The van der Waals surface area contributed by atoms with E-state index < -0.39 is 26.5 Å². The van der Waals surface area contributed by atoms with E-state index in [0.29, 0.717) is 6.42 Å². The van der Waals surface area contributed by atoms with Crippen LogP contribution in [0.3, 0.4) is 0 Å². The van der Waals surface area contributed by atoms with Crippen LogP contribution < -0.4 is 5.32 Å². The predicted molar refractivity (Wildman–Crippen MR) is 243 cm³/mol. The summed E-state index contributed by atoms with van der Waals surface area (Å²) < 4.78 is 26.9. The molecule has 0 aliphatic carbocycles. The number of ether oxygens (including phenoxy) is 1. The average Bonchev–Trinajstić information content (AvgIpc) is 3.21. The highest BCUT2D eigenvalue weighted by molar-refractivity contribution is 7.47. The largest absolute Gasteiger partial charge is 0.472 e. The highest BCUT2D eigenvalue weighted by Gasteiger charge is 2.23. The summed E-state index contributed by atoms with van der Waals surface area (Å²) in [6.45, 7) is 3.57. The van der Waals surface area contributed by atoms with E-state index in [2.05, 4.69) is 43.5 Å². The van der Waals surface area contributed by atoms with Gasteiger partial charge in [-0.1, -0.05) is 186 Å². The number of hydrogen-bond donors (Lipinski definition) is 3. The maximum atomic E-state index is 12.1. The molecule has 2 unspecified atom stereocenters. The Labute approximate surface area is 357 Å². The lowest BCUT2D eigenvalue weighted by atomic mass is 10.0. The van der Waals surface area contributed by atoms with Crippen molar-refractivity contribution in [1.29, 1.82) is 0 Å². The van der Waals surface area contributed by atoms with E-state index in [1.807, 2.05) is 0 Å². The molecule has 0 aromatic heterocycles. The fourth-order valence-electron chi connectivity index (χ4n) is 6.90. The quantitative estimate of drug-likeness (QED) is 0.0239. The minimum absolute atomic E-state index is 0.0793. The predicted octanol–water partition coefficient (Wildman–Crippen LogP) is 13.9. The van der Waals surface area contributed by atoms with Crippen LogP contribution in [0, 0.1) is 0 Å². The smallest absolute Gasteiger partial charge is 0.463 e. The molecule has 2 atom stereocenters. The van der Waals surface area contributed by atoms with Gasteiger partial charge in [-0.25, -0.2) is 4.57 Å². The van der Waals surface area contributed by atoms with Gasteiger partial charge in [-0.3, -0.25) is 18.6 Å². The Morgan fingerprint density at radius 2 is 0.879 bits per heavy atom. The Morgan fingerprint density at radius 1 is 0.517 bits per heavy atom. The van der Waals surface area contributed by atoms with Crippen molar-refractivity contribution >= 4 is 19.7 Å². The van der Waals surface area contributed by atoms with Crippen LogP contribution in [0.2, 0.25) is 0 Å². The number of amides is 1. The van der Waals surface area contributed by atoms with Gasteiger partial charge >= 0.3 is 13.8 Å². The lowest BCUT2D eigenvalue weighted by Gasteiger charge is -2.15. The Balaban J connectivity index is 3.56. The molecule has 3 N–H and O–H groups in total. The molecule has 0 heterocycles. The maximum Gasteiger partial charge on any atom is 0.472 e. The highest BCUT2D eigenvalue weighted by atomic mass is 31.2. The summed E-state index contributed by atoms with van der Waals surface area (Å²) in [4.78, 5) is 34.0. The molecule has 9 nitrogen and oxygen atoms in total. The summed E-state index contributed by atoms with van der Waals surface area (Å²) in [5.41, 5.74) is 0. The van der Waals surface area contributed by atoms with Crippen LogP contribution in [-0.4, -0.2) is 54.3 Å². The maximum absolute atomic E-state index is 12.1. The van der Waals surface area contributed by atoms with Gasteiger partial charge in [0.2, 0.25) is 5.91 Å². The number of nitrogens with one attached hydrogen (secondary N) is 1. The third kappa shape index (κ3) is 45.6. The number of esters is 1. The number of aliphatic hydroxyl groups is 1. The number of aliphatic hydroxyl groups excluding tert-OH is 1. The zero-order valence-corrected chi connectivity index (χ0v) is 38.6. The Bertz CT molecular complexity index is 1010. The van der Waals surface area contributed by atoms with Gasteiger partial charge in [-0.15, -0.1) is 0 Å². The molecule has 0 fully saturated rings. The molecule has 0 aromatic carbocycles. The van der Waals surface area contributed by atoms with Crippen LogP contribution in [-0.2, 0) is 27.9 Å². The van der Waals surface area contributed by atoms with Crippen LogP contribution in [0.1, 0.15) is 239 Å².